The van der Waals surface area contributed by atoms with Crippen molar-refractivity contribution in [1.29, 1.82) is 0 Å². The van der Waals surface area contributed by atoms with Gasteiger partial charge < -0.3 is 0 Å². The van der Waals surface area contributed by atoms with E-state index in [2.05, 4.69) is 27.4 Å². The van der Waals surface area contributed by atoms with Gasteiger partial charge in [0.15, 0.2) is 0 Å². The van der Waals surface area contributed by atoms with Crippen LogP contribution in [0.3, 0.4) is 0 Å². The first-order chi connectivity index (χ1) is 4.89. The number of carbonyl (C=O) groups is 1. The van der Waals surface area contributed by atoms with Crippen LogP contribution in [0.2, 0.25) is 14.8 Å². The van der Waals surface area contributed by atoms with Gasteiger partial charge in [-0.3, -0.25) is 0 Å². The standard InChI is InChI=1S/C4H7O2S.3CH3.Sn/c1-2-6-4(5)3-7;;;;/h3,7H,2H2,1H3;3*1H3;. The third kappa shape index (κ3) is 4.25. The molecule has 0 aromatic carbocycles. The Bertz CT molecular complexity index is 142. The normalized spacial score (nSPS) is 14.3. The van der Waals surface area contributed by atoms with E-state index < -0.39 is 18.4 Å². The monoisotopic (exact) mass is 284 g/mol. The van der Waals surface area contributed by atoms with E-state index in [0.29, 0.717) is 6.61 Å². The quantitative estimate of drug-likeness (QED) is 0.485. The molecule has 0 spiro atoms. The minimum absolute atomic E-state index is 0.121. The molecule has 1 unspecified atom stereocenters. The number of carbonyl (C=O) groups excluding carboxylic acids is 1. The molecular formula is C7H16O2SSn. The zero-order valence-electron chi connectivity index (χ0n) is 7.55. The molecule has 0 N–H and O–H groups in total. The van der Waals surface area contributed by atoms with Crippen molar-refractivity contribution in [2.75, 3.05) is 6.61 Å². The van der Waals surface area contributed by atoms with Crippen molar-refractivity contribution in [2.24, 2.45) is 0 Å². The van der Waals surface area contributed by atoms with Gasteiger partial charge in [0.1, 0.15) is 0 Å². The van der Waals surface area contributed by atoms with Crippen molar-refractivity contribution in [3.05, 3.63) is 0 Å². The van der Waals surface area contributed by atoms with Crippen molar-refractivity contribution >= 4 is 37.0 Å². The summed E-state index contributed by atoms with van der Waals surface area (Å²) in [5, 5.41) is 0. The Morgan fingerprint density at radius 2 is 2.00 bits per heavy atom. The Kier molecular flexibility index (Phi) is 4.86. The van der Waals surface area contributed by atoms with Gasteiger partial charge in [-0.25, -0.2) is 0 Å². The van der Waals surface area contributed by atoms with E-state index in [1.807, 2.05) is 6.92 Å². The van der Waals surface area contributed by atoms with Crippen LogP contribution < -0.4 is 0 Å². The minimum atomic E-state index is -2.16. The van der Waals surface area contributed by atoms with Gasteiger partial charge in [-0.2, -0.15) is 0 Å². The van der Waals surface area contributed by atoms with E-state index in [0.717, 1.165) is 0 Å². The summed E-state index contributed by atoms with van der Waals surface area (Å²) >= 11 is 2.10. The molecule has 0 saturated carbocycles. The second-order valence-corrected chi connectivity index (χ2v) is 20.6. The van der Waals surface area contributed by atoms with Gasteiger partial charge in [-0.1, -0.05) is 0 Å². The molecule has 2 nitrogen and oxygen atoms in total. The van der Waals surface area contributed by atoms with E-state index in [9.17, 15) is 4.79 Å². The Balaban J connectivity index is 4.03. The summed E-state index contributed by atoms with van der Waals surface area (Å²) in [6.45, 7) is 2.27. The Morgan fingerprint density at radius 1 is 1.55 bits per heavy atom. The van der Waals surface area contributed by atoms with Gasteiger partial charge in [-0.05, 0) is 0 Å². The van der Waals surface area contributed by atoms with E-state index in [4.69, 9.17) is 4.74 Å². The second kappa shape index (κ2) is 4.60. The topological polar surface area (TPSA) is 26.3 Å². The van der Waals surface area contributed by atoms with Gasteiger partial charge in [0.25, 0.3) is 0 Å². The number of thiol groups is 1. The van der Waals surface area contributed by atoms with E-state index in [1.165, 1.54) is 0 Å². The Hall–Kier alpha value is 0.619. The second-order valence-electron chi connectivity index (χ2n) is 3.52. The van der Waals surface area contributed by atoms with Crippen molar-refractivity contribution < 1.29 is 9.53 Å². The molecule has 4 heteroatoms. The first kappa shape index (κ1) is 11.6. The maximum absolute atomic E-state index is 11.1. The van der Waals surface area contributed by atoms with Gasteiger partial charge in [0.05, 0.1) is 0 Å². The fourth-order valence-corrected chi connectivity index (χ4v) is 2.91. The van der Waals surface area contributed by atoms with Crippen LogP contribution in [0.1, 0.15) is 6.92 Å². The molecule has 0 aromatic heterocycles. The average molecular weight is 283 g/mol. The summed E-state index contributed by atoms with van der Waals surface area (Å²) in [6.07, 6.45) is 0. The molecule has 1 atom stereocenters. The van der Waals surface area contributed by atoms with E-state index >= 15 is 0 Å². The van der Waals surface area contributed by atoms with Crippen molar-refractivity contribution in [3.63, 3.8) is 0 Å². The molecular weight excluding hydrogens is 267 g/mol. The summed E-state index contributed by atoms with van der Waals surface area (Å²) in [6, 6.07) is 0. The first-order valence-corrected chi connectivity index (χ1v) is 14.5. The molecule has 0 saturated heterocycles. The molecule has 0 aliphatic heterocycles. The molecule has 0 bridgehead atoms. The number of hydrogen-bond donors (Lipinski definition) is 1. The maximum atomic E-state index is 11.1. The Morgan fingerprint density at radius 3 is 2.27 bits per heavy atom. The molecule has 0 amide bonds. The van der Waals surface area contributed by atoms with Crippen LogP contribution in [-0.2, 0) is 9.53 Å². The van der Waals surface area contributed by atoms with Gasteiger partial charge >= 0.3 is 78.1 Å². The fraction of sp³-hybridized carbons (Fsp3) is 0.857. The van der Waals surface area contributed by atoms with Crippen LogP contribution in [0.25, 0.3) is 0 Å². The van der Waals surface area contributed by atoms with E-state index in [1.54, 1.807) is 0 Å². The third-order valence-corrected chi connectivity index (χ3v) is 12.1. The molecule has 0 aliphatic rings. The van der Waals surface area contributed by atoms with Crippen LogP contribution in [0.5, 0.6) is 0 Å². The van der Waals surface area contributed by atoms with Crippen molar-refractivity contribution in [3.8, 4) is 0 Å². The van der Waals surface area contributed by atoms with Gasteiger partial charge in [-0.15, -0.1) is 0 Å². The average Bonchev–Trinajstić information content (AvgIpc) is 1.85. The number of hydrogen-bond acceptors (Lipinski definition) is 3. The predicted octanol–water partition coefficient (Wildman–Crippen LogP) is 1.73. The first-order valence-electron chi connectivity index (χ1n) is 3.74. The summed E-state index contributed by atoms with van der Waals surface area (Å²) in [4.78, 5) is 17.7. The van der Waals surface area contributed by atoms with Crippen LogP contribution in [-0.4, -0.2) is 34.2 Å². The molecule has 0 aliphatic carbocycles. The third-order valence-electron chi connectivity index (χ3n) is 1.33. The molecule has 0 rings (SSSR count). The predicted molar refractivity (Wildman–Crippen MR) is 52.8 cm³/mol. The molecule has 0 heterocycles. The van der Waals surface area contributed by atoms with Crippen molar-refractivity contribution in [2.45, 2.75) is 25.0 Å². The summed E-state index contributed by atoms with van der Waals surface area (Å²) < 4.78 is 4.75. The molecule has 66 valence electrons. The van der Waals surface area contributed by atoms with Crippen molar-refractivity contribution in [1.82, 2.24) is 0 Å². The van der Waals surface area contributed by atoms with Gasteiger partial charge in [0, 0.05) is 0 Å². The number of ether oxygens (including phenoxy) is 1. The zero-order valence-corrected chi connectivity index (χ0v) is 11.3. The van der Waals surface area contributed by atoms with Crippen LogP contribution >= 0.6 is 12.6 Å². The number of esters is 1. The zero-order chi connectivity index (χ0) is 9.07. The summed E-state index contributed by atoms with van der Waals surface area (Å²) in [7, 11) is 0. The van der Waals surface area contributed by atoms with Gasteiger partial charge in [0.2, 0.25) is 0 Å². The van der Waals surface area contributed by atoms with Crippen LogP contribution in [0.15, 0.2) is 0 Å². The summed E-state index contributed by atoms with van der Waals surface area (Å²) in [5.41, 5.74) is 0. The molecule has 0 aromatic rings. The van der Waals surface area contributed by atoms with Crippen LogP contribution in [0.4, 0.5) is 0 Å². The molecule has 11 heavy (non-hydrogen) atoms. The molecule has 0 fully saturated rings. The SMILES string of the molecule is CCOC(=O)[CH](S)[Sn]([CH3])([CH3])[CH3]. The van der Waals surface area contributed by atoms with Crippen LogP contribution in [0, 0.1) is 0 Å². The molecule has 0 radical (unpaired) electrons. The Labute approximate surface area is 78.0 Å². The fourth-order valence-electron chi connectivity index (χ4n) is 0.575. The van der Waals surface area contributed by atoms with E-state index in [-0.39, 0.29) is 9.24 Å². The number of rotatable bonds is 3. The summed E-state index contributed by atoms with van der Waals surface area (Å²) in [5.74, 6) is -0.140.